The number of hydrogen-bond donors (Lipinski definition) is 1. The Morgan fingerprint density at radius 2 is 1.98 bits per heavy atom. The number of aromatic nitrogens is 2. The van der Waals surface area contributed by atoms with Gasteiger partial charge in [0.25, 0.3) is 0 Å². The van der Waals surface area contributed by atoms with Crippen LogP contribution in [0.1, 0.15) is 45.7 Å². The van der Waals surface area contributed by atoms with Crippen LogP contribution >= 0.6 is 15.9 Å². The number of carbonyl (C=O) groups is 1. The maximum absolute atomic E-state index is 15.5. The summed E-state index contributed by atoms with van der Waals surface area (Å²) in [4.78, 5) is 21.6. The minimum atomic E-state index is -3.28. The lowest BCUT2D eigenvalue weighted by atomic mass is 9.90. The highest BCUT2D eigenvalue weighted by molar-refractivity contribution is 9.10. The van der Waals surface area contributed by atoms with E-state index in [-0.39, 0.29) is 17.2 Å². The summed E-state index contributed by atoms with van der Waals surface area (Å²) in [5.74, 6) is -1.01. The fourth-order valence-electron chi connectivity index (χ4n) is 4.55. The molecule has 1 aliphatic rings. The van der Waals surface area contributed by atoms with Gasteiger partial charge in [-0.25, -0.2) is 22.1 Å². The third-order valence-corrected chi connectivity index (χ3v) is 10.5. The number of amides is 1. The zero-order valence-corrected chi connectivity index (χ0v) is 26.2. The highest BCUT2D eigenvalue weighted by Gasteiger charge is 2.51. The van der Waals surface area contributed by atoms with Crippen LogP contribution in [0, 0.1) is 12.7 Å². The first-order valence-electron chi connectivity index (χ1n) is 12.7. The van der Waals surface area contributed by atoms with Crippen molar-refractivity contribution in [3.8, 4) is 22.7 Å². The number of alkyl carbamates (subject to hydrolysis) is 1. The topological polar surface area (TPSA) is 119 Å². The second-order valence-electron chi connectivity index (χ2n) is 11.3. The van der Waals surface area contributed by atoms with Crippen LogP contribution in [0.5, 0.6) is 0 Å². The van der Waals surface area contributed by atoms with Crippen molar-refractivity contribution >= 4 is 37.6 Å². The number of benzene rings is 1. The average Bonchev–Trinajstić information content (AvgIpc) is 3.36. The van der Waals surface area contributed by atoms with E-state index in [9.17, 15) is 9.00 Å². The molecule has 1 aromatic carbocycles. The van der Waals surface area contributed by atoms with E-state index in [1.165, 1.54) is 19.2 Å². The molecule has 0 aliphatic carbocycles. The number of carbonyl (C=O) groups excluding carboxylic acids is 1. The summed E-state index contributed by atoms with van der Waals surface area (Å²) in [7, 11) is -1.93. The number of nitrogens with zero attached hydrogens (tertiary/aromatic N) is 4. The van der Waals surface area contributed by atoms with Gasteiger partial charge in [0.15, 0.2) is 5.76 Å². The van der Waals surface area contributed by atoms with Crippen molar-refractivity contribution < 1.29 is 27.0 Å². The molecule has 4 rings (SSSR count). The molecule has 0 saturated heterocycles. The Labute approximate surface area is 246 Å². The number of alkyl halides is 1. The number of aryl methyl sites for hydroxylation is 1. The first-order chi connectivity index (χ1) is 19.0. The number of hydrogen-bond acceptors (Lipinski definition) is 8. The minimum absolute atomic E-state index is 0.116. The number of nitrogens with one attached hydrogen (secondary N) is 1. The van der Waals surface area contributed by atoms with E-state index >= 15 is 8.78 Å². The number of aliphatic imine (C=N–C) groups is 1. The van der Waals surface area contributed by atoms with Gasteiger partial charge in [-0.3, -0.25) is 15.3 Å². The quantitative estimate of drug-likeness (QED) is 0.340. The van der Waals surface area contributed by atoms with E-state index in [2.05, 4.69) is 40.7 Å². The molecule has 0 spiro atoms. The summed E-state index contributed by atoms with van der Waals surface area (Å²) < 4.78 is 59.3. The van der Waals surface area contributed by atoms with Crippen molar-refractivity contribution in [2.75, 3.05) is 19.5 Å². The van der Waals surface area contributed by atoms with Crippen LogP contribution in [0.15, 0.2) is 54.9 Å². The van der Waals surface area contributed by atoms with E-state index in [1.807, 2.05) is 13.0 Å². The zero-order chi connectivity index (χ0) is 30.4. The van der Waals surface area contributed by atoms with Gasteiger partial charge in [-0.2, -0.15) is 0 Å². The first-order valence-corrected chi connectivity index (χ1v) is 15.2. The van der Waals surface area contributed by atoms with Gasteiger partial charge in [0, 0.05) is 34.9 Å². The predicted molar refractivity (Wildman–Crippen MR) is 157 cm³/mol. The molecule has 2 aromatic heterocycles. The Balaban J connectivity index is 1.83. The van der Waals surface area contributed by atoms with Crippen molar-refractivity contribution in [2.45, 2.75) is 57.4 Å². The first kappa shape index (κ1) is 30.8. The Bertz CT molecular complexity index is 1660. The minimum Gasteiger partial charge on any atom is -0.444 e. The lowest BCUT2D eigenvalue weighted by molar-refractivity contribution is 0.0560. The molecule has 3 heterocycles. The van der Waals surface area contributed by atoms with Gasteiger partial charge < -0.3 is 9.26 Å². The fourth-order valence-corrected chi connectivity index (χ4v) is 7.29. The van der Waals surface area contributed by atoms with Gasteiger partial charge in [0.2, 0.25) is 0 Å². The van der Waals surface area contributed by atoms with Gasteiger partial charge in [-0.1, -0.05) is 5.16 Å². The normalized spacial score (nSPS) is 22.1. The molecule has 0 unspecified atom stereocenters. The molecular formula is C28H32BrF2N5O4S. The van der Waals surface area contributed by atoms with Gasteiger partial charge in [-0.05, 0) is 87.3 Å². The van der Waals surface area contributed by atoms with Crippen molar-refractivity contribution in [2.24, 2.45) is 9.36 Å². The van der Waals surface area contributed by atoms with Crippen molar-refractivity contribution in [1.29, 1.82) is 0 Å². The summed E-state index contributed by atoms with van der Waals surface area (Å²) in [6.45, 7) is 8.88. The molecule has 0 radical (unpaired) electrons. The SMILES string of the molecule is CN=[S@@]1(=O)C[C@@](CF)(c2cc(-c3cc(-c4ncc(Br)cc4C)no3)ccc2F)N=C(NC(=O)OC(C)(C)C)C1(C)C. The summed E-state index contributed by atoms with van der Waals surface area (Å²) in [6, 6.07) is 7.56. The number of rotatable bonds is 4. The lowest BCUT2D eigenvalue weighted by Crippen LogP contribution is -2.59. The Morgan fingerprint density at radius 1 is 1.27 bits per heavy atom. The molecular weight excluding hydrogens is 620 g/mol. The van der Waals surface area contributed by atoms with Crippen LogP contribution in [-0.4, -0.2) is 56.1 Å². The van der Waals surface area contributed by atoms with Gasteiger partial charge >= 0.3 is 6.09 Å². The molecule has 220 valence electrons. The Hall–Kier alpha value is -3.19. The predicted octanol–water partition coefficient (Wildman–Crippen LogP) is 6.59. The zero-order valence-electron chi connectivity index (χ0n) is 23.8. The highest BCUT2D eigenvalue weighted by Crippen LogP contribution is 2.41. The van der Waals surface area contributed by atoms with Crippen molar-refractivity contribution in [1.82, 2.24) is 15.5 Å². The smallest absolute Gasteiger partial charge is 0.413 e. The number of ether oxygens (including phenoxy) is 1. The maximum atomic E-state index is 15.5. The van der Waals surface area contributed by atoms with Crippen LogP contribution in [-0.2, 0) is 20.0 Å². The van der Waals surface area contributed by atoms with Crippen molar-refractivity contribution in [3.05, 3.63) is 57.9 Å². The van der Waals surface area contributed by atoms with Gasteiger partial charge in [0.05, 0.1) is 21.2 Å². The number of halogens is 3. The molecule has 0 saturated carbocycles. The molecule has 2 atom stereocenters. The standard InChI is InChI=1S/C28H32BrF2N5O4S/c1-16-10-18(29)13-33-23(16)21-12-22(40-36-21)17-8-9-20(31)19(11-17)28(14-30)15-41(38,32-7)27(5,6)24(35-28)34-25(37)39-26(2,3)4/h8-13H,14-15H2,1-7H3,(H,34,35,37)/t28-,41+/m0/s1. The summed E-state index contributed by atoms with van der Waals surface area (Å²) in [6.07, 6.45) is 0.775. The third kappa shape index (κ3) is 5.92. The van der Waals surface area contributed by atoms with E-state index in [0.717, 1.165) is 16.1 Å². The molecule has 1 N–H and O–H groups in total. The lowest BCUT2D eigenvalue weighted by Gasteiger charge is -2.42. The summed E-state index contributed by atoms with van der Waals surface area (Å²) in [5, 5.41) is 6.65. The molecule has 41 heavy (non-hydrogen) atoms. The second-order valence-corrected chi connectivity index (χ2v) is 15.2. The van der Waals surface area contributed by atoms with Crippen LogP contribution in [0.25, 0.3) is 22.7 Å². The fraction of sp³-hybridized carbons (Fsp3) is 0.429. The summed E-state index contributed by atoms with van der Waals surface area (Å²) in [5.41, 5.74) is -0.635. The maximum Gasteiger partial charge on any atom is 0.413 e. The molecule has 0 bridgehead atoms. The van der Waals surface area contributed by atoms with E-state index < -0.39 is 50.0 Å². The van der Waals surface area contributed by atoms with Gasteiger partial charge in [0.1, 0.15) is 39.9 Å². The molecule has 9 nitrogen and oxygen atoms in total. The molecule has 13 heteroatoms. The molecule has 1 aliphatic heterocycles. The largest absolute Gasteiger partial charge is 0.444 e. The summed E-state index contributed by atoms with van der Waals surface area (Å²) >= 11 is 3.38. The highest BCUT2D eigenvalue weighted by atomic mass is 79.9. The van der Waals surface area contributed by atoms with Gasteiger partial charge in [-0.15, -0.1) is 0 Å². The monoisotopic (exact) mass is 651 g/mol. The van der Waals surface area contributed by atoms with E-state index in [4.69, 9.17) is 9.26 Å². The molecule has 1 amide bonds. The molecule has 0 fully saturated rings. The van der Waals surface area contributed by atoms with Crippen LogP contribution < -0.4 is 5.32 Å². The van der Waals surface area contributed by atoms with E-state index in [1.54, 1.807) is 46.9 Å². The number of pyridine rings is 1. The van der Waals surface area contributed by atoms with Crippen LogP contribution in [0.2, 0.25) is 0 Å². The average molecular weight is 653 g/mol. The van der Waals surface area contributed by atoms with Crippen molar-refractivity contribution in [3.63, 3.8) is 0 Å². The van der Waals surface area contributed by atoms with Crippen LogP contribution in [0.3, 0.4) is 0 Å². The Morgan fingerprint density at radius 3 is 2.59 bits per heavy atom. The molecule has 3 aromatic rings. The third-order valence-electron chi connectivity index (χ3n) is 6.81. The van der Waals surface area contributed by atoms with E-state index in [0.29, 0.717) is 17.0 Å². The number of amidine groups is 1. The van der Waals surface area contributed by atoms with Crippen LogP contribution in [0.4, 0.5) is 13.6 Å². The second kappa shape index (κ2) is 10.9. The Kier molecular flexibility index (Phi) is 8.18.